The van der Waals surface area contributed by atoms with Crippen LogP contribution in [0.3, 0.4) is 0 Å². The molecule has 25 heteroatoms. The van der Waals surface area contributed by atoms with Gasteiger partial charge in [-0.15, -0.1) is 0 Å². The highest BCUT2D eigenvalue weighted by atomic mass is 16.8. The maximum atomic E-state index is 15.3. The summed E-state index contributed by atoms with van der Waals surface area (Å²) in [5, 5.41) is 173. The van der Waals surface area contributed by atoms with Gasteiger partial charge in [0.05, 0.1) is 50.7 Å². The minimum atomic E-state index is -1.91. The minimum Gasteiger partial charge on any atom is -0.432 e. The van der Waals surface area contributed by atoms with E-state index in [2.05, 4.69) is 40.7 Å². The molecule has 0 radical (unpaired) electrons. The van der Waals surface area contributed by atoms with Gasteiger partial charge in [-0.2, -0.15) is 0 Å². The summed E-state index contributed by atoms with van der Waals surface area (Å²) in [6, 6.07) is 0. The predicted octanol–water partition coefficient (Wildman–Crippen LogP) is -4.09. The van der Waals surface area contributed by atoms with Crippen molar-refractivity contribution >= 4 is 5.97 Å². The Labute approximate surface area is 458 Å². The monoisotopic (exact) mass is 1140 g/mol. The fraction of sp³-hybridized carbons (Fsp3) is 0.944. The maximum absolute atomic E-state index is 15.3. The van der Waals surface area contributed by atoms with Crippen molar-refractivity contribution < 1.29 is 124 Å². The lowest BCUT2D eigenvalue weighted by Crippen LogP contribution is -2.70. The topological polar surface area (TPSA) is 415 Å². The number of ether oxygens (including phenoxy) is 8. The first-order valence-electron chi connectivity index (χ1n) is 28.1. The molecular weight excluding hydrogens is 1050 g/mol. The summed E-state index contributed by atoms with van der Waals surface area (Å²) in [6.45, 7) is 9.16. The first kappa shape index (κ1) is 61.8. The minimum absolute atomic E-state index is 0.103. The number of esters is 1. The largest absolute Gasteiger partial charge is 0.432 e. The van der Waals surface area contributed by atoms with E-state index >= 15 is 4.79 Å². The Morgan fingerprint density at radius 1 is 0.532 bits per heavy atom. The van der Waals surface area contributed by atoms with Crippen LogP contribution in [0.15, 0.2) is 11.6 Å². The van der Waals surface area contributed by atoms with Gasteiger partial charge < -0.3 is 120 Å². The third kappa shape index (κ3) is 9.99. The van der Waals surface area contributed by atoms with Crippen LogP contribution in [0.4, 0.5) is 0 Å². The van der Waals surface area contributed by atoms with E-state index in [-0.39, 0.29) is 29.6 Å². The lowest BCUT2D eigenvalue weighted by molar-refractivity contribution is -0.384. The molecule has 79 heavy (non-hydrogen) atoms. The van der Waals surface area contributed by atoms with E-state index in [1.807, 2.05) is 6.92 Å². The first-order valence-corrected chi connectivity index (χ1v) is 28.1. The molecule has 16 N–H and O–H groups in total. The summed E-state index contributed by atoms with van der Waals surface area (Å²) < 4.78 is 47.9. The second-order valence-electron chi connectivity index (χ2n) is 26.3. The number of hydrogen-bond acceptors (Lipinski definition) is 25. The summed E-state index contributed by atoms with van der Waals surface area (Å²) in [5.74, 6) is -1.45. The van der Waals surface area contributed by atoms with Gasteiger partial charge in [0.2, 0.25) is 6.29 Å². The van der Waals surface area contributed by atoms with Crippen molar-refractivity contribution in [3.8, 4) is 0 Å². The Morgan fingerprint density at radius 2 is 1.00 bits per heavy atom. The molecule has 0 bridgehead atoms. The molecule has 9 aliphatic rings. The molecule has 4 saturated heterocycles. The van der Waals surface area contributed by atoms with Crippen LogP contribution in [0.5, 0.6) is 0 Å². The van der Waals surface area contributed by atoms with Crippen molar-refractivity contribution in [2.45, 2.75) is 234 Å². The van der Waals surface area contributed by atoms with Gasteiger partial charge >= 0.3 is 5.97 Å². The predicted molar refractivity (Wildman–Crippen MR) is 266 cm³/mol. The molecule has 0 spiro atoms. The molecule has 0 aromatic heterocycles. The molecule has 4 aliphatic heterocycles. The van der Waals surface area contributed by atoms with Gasteiger partial charge in [-0.05, 0) is 97.2 Å². The smallest absolute Gasteiger partial charge is 0.315 e. The second kappa shape index (κ2) is 22.6. The molecule has 5 aliphatic carbocycles. The van der Waals surface area contributed by atoms with E-state index in [4.69, 9.17) is 37.9 Å². The average Bonchev–Trinajstić information content (AvgIpc) is 2.79. The van der Waals surface area contributed by atoms with Crippen molar-refractivity contribution in [2.24, 2.45) is 50.2 Å². The van der Waals surface area contributed by atoms with Gasteiger partial charge in [0.25, 0.3) is 0 Å². The molecule has 0 amide bonds. The number of aliphatic hydroxyl groups excluding tert-OH is 16. The molecule has 30 unspecified atom stereocenters. The van der Waals surface area contributed by atoms with Gasteiger partial charge in [-0.25, -0.2) is 0 Å². The van der Waals surface area contributed by atoms with E-state index in [0.29, 0.717) is 51.4 Å². The molecule has 0 aromatic rings. The van der Waals surface area contributed by atoms with Crippen molar-refractivity contribution in [1.82, 2.24) is 0 Å². The fourth-order valence-electron chi connectivity index (χ4n) is 16.6. The van der Waals surface area contributed by atoms with E-state index in [9.17, 15) is 81.7 Å². The Bertz CT molecular complexity index is 2170. The standard InChI is InChI=1S/C54H88O25/c1-49(2)11-13-54(48(71)79-47-42(38(68)34(64)28(20-58)75-47)77-45-40(70)36(66)32(62)26(18-56)73-45)14-12-52(5)22(23(54)15-49)7-8-30-50(3)16-24(60)43(51(4,21-59)29(50)9-10-53(30,52)6)78-46-41(37(67)33(63)27(19-57)74-46)76-44-39(69)35(65)31(61)25(17-55)72-44/h7,23-47,55-70H,8-21H2,1-6H3. The van der Waals surface area contributed by atoms with E-state index in [1.165, 1.54) is 0 Å². The molecule has 454 valence electrons. The third-order valence-electron chi connectivity index (χ3n) is 21.5. The van der Waals surface area contributed by atoms with E-state index < -0.39 is 201 Å². The van der Waals surface area contributed by atoms with Crippen LogP contribution in [-0.4, -0.2) is 256 Å². The van der Waals surface area contributed by atoms with Crippen LogP contribution in [0.1, 0.15) is 99.3 Å². The van der Waals surface area contributed by atoms with E-state index in [1.54, 1.807) is 0 Å². The van der Waals surface area contributed by atoms with Crippen LogP contribution in [-0.2, 0) is 42.7 Å². The number of rotatable bonds is 13. The van der Waals surface area contributed by atoms with Gasteiger partial charge in [-0.1, -0.05) is 53.2 Å². The molecule has 4 saturated carbocycles. The summed E-state index contributed by atoms with van der Waals surface area (Å²) in [6.07, 6.45) is -30.2. The second-order valence-corrected chi connectivity index (χ2v) is 26.3. The highest BCUT2D eigenvalue weighted by molar-refractivity contribution is 5.79. The molecule has 8 fully saturated rings. The van der Waals surface area contributed by atoms with Crippen molar-refractivity contribution in [3.05, 3.63) is 11.6 Å². The molecule has 4 heterocycles. The average molecular weight is 1140 g/mol. The maximum Gasteiger partial charge on any atom is 0.315 e. The number of fused-ring (bicyclic) bond motifs is 7. The molecule has 0 aromatic carbocycles. The zero-order valence-corrected chi connectivity index (χ0v) is 45.7. The lowest BCUT2D eigenvalue weighted by Gasteiger charge is -2.72. The zero-order valence-electron chi connectivity index (χ0n) is 45.7. The Kier molecular flexibility index (Phi) is 17.7. The highest BCUT2D eigenvalue weighted by Gasteiger charge is 2.72. The molecule has 25 nitrogen and oxygen atoms in total. The Hall–Kier alpha value is -1.71. The summed E-state index contributed by atoms with van der Waals surface area (Å²) in [5.41, 5.74) is -3.14. The number of allylic oxidation sites excluding steroid dienone is 2. The lowest BCUT2D eigenvalue weighted by atomic mass is 9.33. The van der Waals surface area contributed by atoms with Crippen molar-refractivity contribution in [2.75, 3.05) is 33.0 Å². The number of carbonyl (C=O) groups is 1. The highest BCUT2D eigenvalue weighted by Crippen LogP contribution is 2.76. The SMILES string of the molecule is CC1(C)CCC2(C(=O)OC3OC(CO)C(O)C(O)C3OC3OC(CO)C(O)C(O)C3O)CCC3(C)C(=CCC4C5(C)CC(O)C(OC6OC(CO)C(O)C(O)C6OC6OC(CO)C(O)C(O)C6O)C(C)(CO)C5CCC43C)C2C1. The molecule has 9 rings (SSSR count). The van der Waals surface area contributed by atoms with Gasteiger partial charge in [0.1, 0.15) is 91.6 Å². The van der Waals surface area contributed by atoms with Crippen LogP contribution in [0.2, 0.25) is 0 Å². The Morgan fingerprint density at radius 3 is 1.51 bits per heavy atom. The Balaban J connectivity index is 0.990. The number of hydrogen-bond donors (Lipinski definition) is 16. The molecular formula is C54H88O25. The summed E-state index contributed by atoms with van der Waals surface area (Å²) in [7, 11) is 0. The van der Waals surface area contributed by atoms with Crippen LogP contribution < -0.4 is 0 Å². The zero-order chi connectivity index (χ0) is 57.9. The van der Waals surface area contributed by atoms with E-state index in [0.717, 1.165) is 5.57 Å². The fourth-order valence-corrected chi connectivity index (χ4v) is 16.6. The van der Waals surface area contributed by atoms with Gasteiger partial charge in [0.15, 0.2) is 25.0 Å². The molecule has 30 atom stereocenters. The summed E-state index contributed by atoms with van der Waals surface area (Å²) in [4.78, 5) is 15.3. The van der Waals surface area contributed by atoms with Crippen LogP contribution in [0, 0.1) is 50.2 Å². The van der Waals surface area contributed by atoms with Gasteiger partial charge in [0, 0.05) is 5.41 Å². The summed E-state index contributed by atoms with van der Waals surface area (Å²) >= 11 is 0. The van der Waals surface area contributed by atoms with Crippen molar-refractivity contribution in [1.29, 1.82) is 0 Å². The number of aliphatic hydroxyl groups is 16. The van der Waals surface area contributed by atoms with Crippen LogP contribution in [0.25, 0.3) is 0 Å². The normalized spacial score (nSPS) is 54.6. The quantitative estimate of drug-likeness (QED) is 0.0474. The van der Waals surface area contributed by atoms with Crippen molar-refractivity contribution in [3.63, 3.8) is 0 Å². The number of carbonyl (C=O) groups excluding carboxylic acids is 1. The van der Waals surface area contributed by atoms with Gasteiger partial charge in [-0.3, -0.25) is 4.79 Å². The third-order valence-corrected chi connectivity index (χ3v) is 21.5. The van der Waals surface area contributed by atoms with Crippen LogP contribution >= 0.6 is 0 Å². The first-order chi connectivity index (χ1) is 37.1.